The number of benzene rings is 1. The summed E-state index contributed by atoms with van der Waals surface area (Å²) in [7, 11) is 1.34. The molecule has 2 rings (SSSR count). The highest BCUT2D eigenvalue weighted by molar-refractivity contribution is 6.31. The van der Waals surface area contributed by atoms with Crippen molar-refractivity contribution in [2.75, 3.05) is 12.4 Å². The molecular formula is C14H18ClNO3. The van der Waals surface area contributed by atoms with Gasteiger partial charge in [-0.05, 0) is 24.6 Å². The van der Waals surface area contributed by atoms with Crippen LogP contribution in [0.5, 0.6) is 0 Å². The van der Waals surface area contributed by atoms with Crippen molar-refractivity contribution in [3.63, 3.8) is 0 Å². The van der Waals surface area contributed by atoms with Crippen LogP contribution in [0.4, 0.5) is 5.69 Å². The average molecular weight is 284 g/mol. The van der Waals surface area contributed by atoms with Gasteiger partial charge in [0.05, 0.1) is 18.8 Å². The second-order valence-corrected chi connectivity index (χ2v) is 5.89. The molecule has 1 fully saturated rings. The molecule has 104 valence electrons. The van der Waals surface area contributed by atoms with E-state index in [0.717, 1.165) is 0 Å². The summed E-state index contributed by atoms with van der Waals surface area (Å²) in [5.74, 6) is -0.428. The molecule has 0 spiro atoms. The fourth-order valence-electron chi connectivity index (χ4n) is 2.26. The van der Waals surface area contributed by atoms with Gasteiger partial charge in [-0.2, -0.15) is 0 Å². The van der Waals surface area contributed by atoms with Crippen LogP contribution in [0.25, 0.3) is 0 Å². The number of carbonyl (C=O) groups excluding carboxylic acids is 1. The molecule has 2 N–H and O–H groups in total. The predicted octanol–water partition coefficient (Wildman–Crippen LogP) is 2.70. The SMILES string of the molecule is COC(=O)c1cc(Cl)ccc1NC1CC(O)C1(C)C. The van der Waals surface area contributed by atoms with Gasteiger partial charge in [-0.25, -0.2) is 4.79 Å². The molecule has 1 aromatic carbocycles. The van der Waals surface area contributed by atoms with Gasteiger partial charge in [0.25, 0.3) is 0 Å². The Morgan fingerprint density at radius 1 is 1.53 bits per heavy atom. The van der Waals surface area contributed by atoms with E-state index in [1.54, 1.807) is 18.2 Å². The zero-order valence-electron chi connectivity index (χ0n) is 11.2. The van der Waals surface area contributed by atoms with E-state index in [1.807, 2.05) is 13.8 Å². The maximum absolute atomic E-state index is 11.7. The third-order valence-electron chi connectivity index (χ3n) is 3.93. The molecular weight excluding hydrogens is 266 g/mol. The summed E-state index contributed by atoms with van der Waals surface area (Å²) in [6.07, 6.45) is 0.342. The molecule has 0 saturated heterocycles. The zero-order chi connectivity index (χ0) is 14.2. The number of ether oxygens (including phenoxy) is 1. The first-order chi connectivity index (χ1) is 8.86. The van der Waals surface area contributed by atoms with Gasteiger partial charge in [0, 0.05) is 22.2 Å². The number of hydrogen-bond acceptors (Lipinski definition) is 4. The number of aliphatic hydroxyl groups is 1. The monoisotopic (exact) mass is 283 g/mol. The smallest absolute Gasteiger partial charge is 0.340 e. The summed E-state index contributed by atoms with van der Waals surface area (Å²) >= 11 is 5.91. The van der Waals surface area contributed by atoms with Crippen molar-refractivity contribution < 1.29 is 14.6 Å². The Kier molecular flexibility index (Phi) is 3.74. The fraction of sp³-hybridized carbons (Fsp3) is 0.500. The number of hydrogen-bond donors (Lipinski definition) is 2. The Morgan fingerprint density at radius 3 is 2.74 bits per heavy atom. The van der Waals surface area contributed by atoms with Gasteiger partial charge in [0.15, 0.2) is 0 Å². The molecule has 1 aliphatic carbocycles. The summed E-state index contributed by atoms with van der Waals surface area (Å²) < 4.78 is 4.75. The van der Waals surface area contributed by atoms with Gasteiger partial charge in [-0.3, -0.25) is 0 Å². The Balaban J connectivity index is 2.24. The summed E-state index contributed by atoms with van der Waals surface area (Å²) in [5.41, 5.74) is 0.876. The number of rotatable bonds is 3. The van der Waals surface area contributed by atoms with Crippen molar-refractivity contribution in [2.45, 2.75) is 32.4 Å². The lowest BCUT2D eigenvalue weighted by atomic mass is 9.64. The molecule has 1 saturated carbocycles. The van der Waals surface area contributed by atoms with Crippen LogP contribution in [-0.4, -0.2) is 30.3 Å². The molecule has 0 aromatic heterocycles. The first-order valence-electron chi connectivity index (χ1n) is 6.18. The second kappa shape index (κ2) is 5.02. The van der Waals surface area contributed by atoms with E-state index in [0.29, 0.717) is 22.7 Å². The molecule has 0 bridgehead atoms. The second-order valence-electron chi connectivity index (χ2n) is 5.45. The number of esters is 1. The third kappa shape index (κ3) is 2.55. The largest absolute Gasteiger partial charge is 0.465 e. The van der Waals surface area contributed by atoms with Crippen LogP contribution in [-0.2, 0) is 4.74 Å². The lowest BCUT2D eigenvalue weighted by Gasteiger charge is -2.50. The molecule has 1 aliphatic rings. The lowest BCUT2D eigenvalue weighted by molar-refractivity contribution is -0.0510. The van der Waals surface area contributed by atoms with E-state index in [4.69, 9.17) is 16.3 Å². The highest BCUT2D eigenvalue weighted by Crippen LogP contribution is 2.42. The van der Waals surface area contributed by atoms with Crippen molar-refractivity contribution in [1.29, 1.82) is 0 Å². The molecule has 2 unspecified atom stereocenters. The van der Waals surface area contributed by atoms with Crippen molar-refractivity contribution in [1.82, 2.24) is 0 Å². The highest BCUT2D eigenvalue weighted by Gasteiger charge is 2.47. The van der Waals surface area contributed by atoms with Crippen LogP contribution in [0.1, 0.15) is 30.6 Å². The van der Waals surface area contributed by atoms with Gasteiger partial charge >= 0.3 is 5.97 Å². The van der Waals surface area contributed by atoms with Crippen molar-refractivity contribution in [3.05, 3.63) is 28.8 Å². The van der Waals surface area contributed by atoms with Crippen LogP contribution in [0.2, 0.25) is 5.02 Å². The topological polar surface area (TPSA) is 58.6 Å². The first kappa shape index (κ1) is 14.2. The van der Waals surface area contributed by atoms with E-state index < -0.39 is 5.97 Å². The van der Waals surface area contributed by atoms with Crippen molar-refractivity contribution in [2.24, 2.45) is 5.41 Å². The highest BCUT2D eigenvalue weighted by atomic mass is 35.5. The Morgan fingerprint density at radius 2 is 2.21 bits per heavy atom. The molecule has 0 amide bonds. The van der Waals surface area contributed by atoms with Crippen LogP contribution < -0.4 is 5.32 Å². The molecule has 4 nitrogen and oxygen atoms in total. The number of methoxy groups -OCH3 is 1. The maximum atomic E-state index is 11.7. The minimum Gasteiger partial charge on any atom is -0.465 e. The summed E-state index contributed by atoms with van der Waals surface area (Å²) in [5, 5.41) is 13.5. The molecule has 2 atom stereocenters. The third-order valence-corrected chi connectivity index (χ3v) is 4.17. The normalized spacial score (nSPS) is 24.5. The Labute approximate surface area is 117 Å². The van der Waals surface area contributed by atoms with E-state index >= 15 is 0 Å². The van der Waals surface area contributed by atoms with Crippen molar-refractivity contribution >= 4 is 23.3 Å². The maximum Gasteiger partial charge on any atom is 0.340 e. The Bertz CT molecular complexity index is 501. The number of anilines is 1. The predicted molar refractivity (Wildman–Crippen MR) is 74.6 cm³/mol. The number of carbonyl (C=O) groups is 1. The molecule has 5 heteroatoms. The van der Waals surface area contributed by atoms with Crippen LogP contribution in [0.3, 0.4) is 0 Å². The summed E-state index contributed by atoms with van der Waals surface area (Å²) in [6, 6.07) is 5.18. The first-order valence-corrected chi connectivity index (χ1v) is 6.56. The van der Waals surface area contributed by atoms with E-state index in [9.17, 15) is 9.90 Å². The van der Waals surface area contributed by atoms with Crippen LogP contribution in [0, 0.1) is 5.41 Å². The van der Waals surface area contributed by atoms with Gasteiger partial charge in [-0.1, -0.05) is 25.4 Å². The molecule has 0 heterocycles. The number of halogens is 1. The zero-order valence-corrected chi connectivity index (χ0v) is 12.0. The molecule has 19 heavy (non-hydrogen) atoms. The summed E-state index contributed by atoms with van der Waals surface area (Å²) in [4.78, 5) is 11.7. The fourth-order valence-corrected chi connectivity index (χ4v) is 2.43. The van der Waals surface area contributed by atoms with E-state index in [1.165, 1.54) is 7.11 Å². The number of nitrogens with one attached hydrogen (secondary N) is 1. The quantitative estimate of drug-likeness (QED) is 0.838. The van der Waals surface area contributed by atoms with Crippen molar-refractivity contribution in [3.8, 4) is 0 Å². The molecule has 1 aromatic rings. The van der Waals surface area contributed by atoms with E-state index in [2.05, 4.69) is 5.32 Å². The Hall–Kier alpha value is -1.26. The average Bonchev–Trinajstić information content (AvgIpc) is 2.39. The van der Waals surface area contributed by atoms with Gasteiger partial charge < -0.3 is 15.2 Å². The minimum absolute atomic E-state index is 0.118. The van der Waals surface area contributed by atoms with Crippen LogP contribution >= 0.6 is 11.6 Å². The standard InChI is InChI=1S/C14H18ClNO3/c1-14(2)11(7-12(14)17)16-10-5-4-8(15)6-9(10)13(18)19-3/h4-6,11-12,16-17H,7H2,1-3H3. The van der Waals surface area contributed by atoms with Crippen LogP contribution in [0.15, 0.2) is 18.2 Å². The molecule has 0 radical (unpaired) electrons. The van der Waals surface area contributed by atoms with Gasteiger partial charge in [-0.15, -0.1) is 0 Å². The molecule has 0 aliphatic heterocycles. The van der Waals surface area contributed by atoms with Gasteiger partial charge in [0.1, 0.15) is 0 Å². The lowest BCUT2D eigenvalue weighted by Crippen LogP contribution is -2.57. The summed E-state index contributed by atoms with van der Waals surface area (Å²) in [6.45, 7) is 3.99. The van der Waals surface area contributed by atoms with Gasteiger partial charge in [0.2, 0.25) is 0 Å². The van der Waals surface area contributed by atoms with E-state index in [-0.39, 0.29) is 17.6 Å². The number of aliphatic hydroxyl groups excluding tert-OH is 1. The minimum atomic E-state index is -0.428.